The number of rotatable bonds is 5. The summed E-state index contributed by atoms with van der Waals surface area (Å²) < 4.78 is 0. The number of hydrogen-bond acceptors (Lipinski definition) is 2. The predicted octanol–water partition coefficient (Wildman–Crippen LogP) is 2.72. The van der Waals surface area contributed by atoms with Gasteiger partial charge in [0, 0.05) is 12.5 Å². The number of amides is 1. The van der Waals surface area contributed by atoms with E-state index < -0.39 is 5.97 Å². The van der Waals surface area contributed by atoms with Gasteiger partial charge in [-0.15, -0.1) is 0 Å². The fourth-order valence-electron chi connectivity index (χ4n) is 3.42. The van der Waals surface area contributed by atoms with Gasteiger partial charge in [-0.1, -0.05) is 25.7 Å². The topological polar surface area (TPSA) is 66.4 Å². The Morgan fingerprint density at radius 2 is 1.63 bits per heavy atom. The van der Waals surface area contributed by atoms with E-state index in [9.17, 15) is 9.59 Å². The molecule has 0 aromatic heterocycles. The number of carbonyl (C=O) groups excluding carboxylic acids is 1. The first-order valence-corrected chi connectivity index (χ1v) is 7.67. The summed E-state index contributed by atoms with van der Waals surface area (Å²) in [5.74, 6) is 0.0248. The molecule has 0 bridgehead atoms. The first-order valence-electron chi connectivity index (χ1n) is 7.67. The van der Waals surface area contributed by atoms with Crippen molar-refractivity contribution >= 4 is 11.9 Å². The molecule has 0 radical (unpaired) electrons. The van der Waals surface area contributed by atoms with E-state index in [0.717, 1.165) is 25.2 Å². The summed E-state index contributed by atoms with van der Waals surface area (Å²) >= 11 is 0. The van der Waals surface area contributed by atoms with E-state index in [-0.39, 0.29) is 17.9 Å². The second kappa shape index (κ2) is 6.92. The zero-order chi connectivity index (χ0) is 13.7. The van der Waals surface area contributed by atoms with Crippen molar-refractivity contribution in [2.45, 2.75) is 70.3 Å². The van der Waals surface area contributed by atoms with Crippen LogP contribution in [0.1, 0.15) is 64.2 Å². The highest BCUT2D eigenvalue weighted by atomic mass is 16.4. The third-order valence-electron chi connectivity index (χ3n) is 4.70. The Kier molecular flexibility index (Phi) is 5.23. The van der Waals surface area contributed by atoms with Crippen molar-refractivity contribution in [3.8, 4) is 0 Å². The summed E-state index contributed by atoms with van der Waals surface area (Å²) in [6, 6.07) is 0.201. The van der Waals surface area contributed by atoms with E-state index in [1.165, 1.54) is 25.7 Å². The molecule has 0 saturated heterocycles. The van der Waals surface area contributed by atoms with Gasteiger partial charge in [0.1, 0.15) is 0 Å². The summed E-state index contributed by atoms with van der Waals surface area (Å²) in [6.45, 7) is 0. The number of carboxylic acid groups (broad SMARTS) is 1. The van der Waals surface area contributed by atoms with Gasteiger partial charge in [-0.05, 0) is 38.0 Å². The van der Waals surface area contributed by atoms with Crippen LogP contribution >= 0.6 is 0 Å². The largest absolute Gasteiger partial charge is 0.481 e. The molecule has 2 N–H and O–H groups in total. The first-order chi connectivity index (χ1) is 9.15. The molecule has 0 aliphatic heterocycles. The Balaban J connectivity index is 1.61. The summed E-state index contributed by atoms with van der Waals surface area (Å²) in [7, 11) is 0. The SMILES string of the molecule is O=C(CCC1CCCC1)NC1CCC(C(=O)O)CC1. The van der Waals surface area contributed by atoms with Crippen LogP contribution in [0.5, 0.6) is 0 Å². The van der Waals surface area contributed by atoms with Crippen LogP contribution in [0.25, 0.3) is 0 Å². The zero-order valence-corrected chi connectivity index (χ0v) is 11.6. The van der Waals surface area contributed by atoms with Gasteiger partial charge in [0.2, 0.25) is 5.91 Å². The van der Waals surface area contributed by atoms with E-state index >= 15 is 0 Å². The molecule has 2 fully saturated rings. The summed E-state index contributed by atoms with van der Waals surface area (Å²) in [5, 5.41) is 12.0. The monoisotopic (exact) mass is 267 g/mol. The Bertz CT molecular complexity index is 315. The van der Waals surface area contributed by atoms with Crippen molar-refractivity contribution in [3.05, 3.63) is 0 Å². The maximum atomic E-state index is 11.9. The minimum Gasteiger partial charge on any atom is -0.481 e. The van der Waals surface area contributed by atoms with Gasteiger partial charge in [0.05, 0.1) is 5.92 Å². The second-order valence-electron chi connectivity index (χ2n) is 6.14. The van der Waals surface area contributed by atoms with E-state index in [0.29, 0.717) is 19.3 Å². The Hall–Kier alpha value is -1.06. The number of carboxylic acids is 1. The maximum Gasteiger partial charge on any atom is 0.306 e. The molecule has 0 unspecified atom stereocenters. The third-order valence-corrected chi connectivity index (χ3v) is 4.70. The highest BCUT2D eigenvalue weighted by molar-refractivity contribution is 5.76. The van der Waals surface area contributed by atoms with Crippen molar-refractivity contribution < 1.29 is 14.7 Å². The van der Waals surface area contributed by atoms with Crippen molar-refractivity contribution in [2.24, 2.45) is 11.8 Å². The number of aliphatic carboxylic acids is 1. The van der Waals surface area contributed by atoms with Gasteiger partial charge in [-0.3, -0.25) is 9.59 Å². The Labute approximate surface area is 115 Å². The van der Waals surface area contributed by atoms with Gasteiger partial charge < -0.3 is 10.4 Å². The lowest BCUT2D eigenvalue weighted by molar-refractivity contribution is -0.142. The average Bonchev–Trinajstić information content (AvgIpc) is 2.90. The molecular weight excluding hydrogens is 242 g/mol. The van der Waals surface area contributed by atoms with E-state index in [2.05, 4.69) is 5.32 Å². The van der Waals surface area contributed by atoms with E-state index in [1.807, 2.05) is 0 Å². The normalized spacial score (nSPS) is 28.2. The van der Waals surface area contributed by atoms with Gasteiger partial charge in [-0.2, -0.15) is 0 Å². The van der Waals surface area contributed by atoms with Crippen LogP contribution in [-0.4, -0.2) is 23.0 Å². The fraction of sp³-hybridized carbons (Fsp3) is 0.867. The summed E-state index contributed by atoms with van der Waals surface area (Å²) in [4.78, 5) is 22.7. The highest BCUT2D eigenvalue weighted by Crippen LogP contribution is 2.29. The minimum atomic E-state index is -0.689. The predicted molar refractivity (Wildman–Crippen MR) is 72.7 cm³/mol. The highest BCUT2D eigenvalue weighted by Gasteiger charge is 2.26. The molecule has 4 heteroatoms. The molecule has 2 aliphatic carbocycles. The Morgan fingerprint density at radius 1 is 1.00 bits per heavy atom. The van der Waals surface area contributed by atoms with Crippen LogP contribution in [0.4, 0.5) is 0 Å². The lowest BCUT2D eigenvalue weighted by Crippen LogP contribution is -2.38. The van der Waals surface area contributed by atoms with Crippen LogP contribution < -0.4 is 5.32 Å². The molecule has 108 valence electrons. The second-order valence-corrected chi connectivity index (χ2v) is 6.14. The fourth-order valence-corrected chi connectivity index (χ4v) is 3.42. The summed E-state index contributed by atoms with van der Waals surface area (Å²) in [6.07, 6.45) is 9.91. The van der Waals surface area contributed by atoms with Crippen molar-refractivity contribution in [1.82, 2.24) is 5.32 Å². The van der Waals surface area contributed by atoms with Crippen LogP contribution in [-0.2, 0) is 9.59 Å². The molecule has 4 nitrogen and oxygen atoms in total. The molecule has 0 aromatic carbocycles. The minimum absolute atomic E-state index is 0.158. The van der Waals surface area contributed by atoms with Gasteiger partial charge >= 0.3 is 5.97 Å². The number of carbonyl (C=O) groups is 2. The third kappa shape index (κ3) is 4.51. The van der Waals surface area contributed by atoms with E-state index in [1.54, 1.807) is 0 Å². The molecule has 19 heavy (non-hydrogen) atoms. The quantitative estimate of drug-likeness (QED) is 0.805. The smallest absolute Gasteiger partial charge is 0.306 e. The van der Waals surface area contributed by atoms with Gasteiger partial charge in [0.15, 0.2) is 0 Å². The molecule has 2 aliphatic rings. The molecule has 1 amide bonds. The Morgan fingerprint density at radius 3 is 2.21 bits per heavy atom. The van der Waals surface area contributed by atoms with Gasteiger partial charge in [-0.25, -0.2) is 0 Å². The molecule has 0 aromatic rings. The lowest BCUT2D eigenvalue weighted by atomic mass is 9.86. The zero-order valence-electron chi connectivity index (χ0n) is 11.6. The van der Waals surface area contributed by atoms with Crippen LogP contribution in [0.2, 0.25) is 0 Å². The molecule has 0 atom stereocenters. The first kappa shape index (κ1) is 14.4. The van der Waals surface area contributed by atoms with Crippen LogP contribution in [0, 0.1) is 11.8 Å². The maximum absolute atomic E-state index is 11.9. The average molecular weight is 267 g/mol. The molecule has 0 spiro atoms. The van der Waals surface area contributed by atoms with Crippen molar-refractivity contribution in [2.75, 3.05) is 0 Å². The number of nitrogens with one attached hydrogen (secondary N) is 1. The lowest BCUT2D eigenvalue weighted by Gasteiger charge is -2.27. The molecule has 0 heterocycles. The summed E-state index contributed by atoms with van der Waals surface area (Å²) in [5.41, 5.74) is 0. The van der Waals surface area contributed by atoms with E-state index in [4.69, 9.17) is 5.11 Å². The van der Waals surface area contributed by atoms with Crippen LogP contribution in [0.15, 0.2) is 0 Å². The molecular formula is C15H25NO3. The van der Waals surface area contributed by atoms with Gasteiger partial charge in [0.25, 0.3) is 0 Å². The van der Waals surface area contributed by atoms with Crippen molar-refractivity contribution in [1.29, 1.82) is 0 Å². The molecule has 2 saturated carbocycles. The standard InChI is InChI=1S/C15H25NO3/c17-14(10-5-11-3-1-2-4-11)16-13-8-6-12(7-9-13)15(18)19/h11-13H,1-10H2,(H,16,17)(H,18,19). The van der Waals surface area contributed by atoms with Crippen LogP contribution in [0.3, 0.4) is 0 Å². The number of hydrogen-bond donors (Lipinski definition) is 2. The van der Waals surface area contributed by atoms with Crippen molar-refractivity contribution in [3.63, 3.8) is 0 Å². The molecule has 2 rings (SSSR count).